The minimum absolute atomic E-state index is 0.0364. The molecule has 3 rings (SSSR count). The van der Waals surface area contributed by atoms with Crippen molar-refractivity contribution in [2.75, 3.05) is 29.6 Å². The topological polar surface area (TPSA) is 110 Å². The van der Waals surface area contributed by atoms with E-state index in [9.17, 15) is 22.8 Å². The van der Waals surface area contributed by atoms with E-state index < -0.39 is 40.3 Å². The number of ether oxygens (including phenoxy) is 1. The molecule has 9 heteroatoms. The summed E-state index contributed by atoms with van der Waals surface area (Å²) in [5.74, 6) is -1.96. The van der Waals surface area contributed by atoms with E-state index in [1.165, 1.54) is 0 Å². The summed E-state index contributed by atoms with van der Waals surface area (Å²) in [6.07, 6.45) is 0.401. The molecule has 2 heterocycles. The summed E-state index contributed by atoms with van der Waals surface area (Å²) in [6, 6.07) is 5.23. The van der Waals surface area contributed by atoms with Crippen molar-refractivity contribution in [3.05, 3.63) is 29.3 Å². The van der Waals surface area contributed by atoms with Crippen LogP contribution in [0.3, 0.4) is 0 Å². The van der Waals surface area contributed by atoms with Crippen LogP contribution in [-0.2, 0) is 29.0 Å². The van der Waals surface area contributed by atoms with E-state index in [2.05, 4.69) is 5.32 Å². The second kappa shape index (κ2) is 7.90. The summed E-state index contributed by atoms with van der Waals surface area (Å²) in [5, 5.41) is 2.56. The van der Waals surface area contributed by atoms with Gasteiger partial charge in [-0.3, -0.25) is 14.4 Å². The van der Waals surface area contributed by atoms with E-state index in [1.54, 1.807) is 4.90 Å². The van der Waals surface area contributed by atoms with Crippen molar-refractivity contribution in [2.45, 2.75) is 32.7 Å². The van der Waals surface area contributed by atoms with Gasteiger partial charge in [-0.15, -0.1) is 0 Å². The average Bonchev–Trinajstić information content (AvgIpc) is 3.17. The van der Waals surface area contributed by atoms with Gasteiger partial charge in [0.2, 0.25) is 5.91 Å². The predicted octanol–water partition coefficient (Wildman–Crippen LogP) is 0.503. The largest absolute Gasteiger partial charge is 0.455 e. The van der Waals surface area contributed by atoms with Gasteiger partial charge in [0, 0.05) is 24.7 Å². The Kier molecular flexibility index (Phi) is 5.74. The van der Waals surface area contributed by atoms with Crippen LogP contribution < -0.4 is 10.2 Å². The maximum atomic E-state index is 12.4. The maximum Gasteiger partial charge on any atom is 0.311 e. The summed E-state index contributed by atoms with van der Waals surface area (Å²) in [7, 11) is -3.10. The molecule has 0 unspecified atom stereocenters. The van der Waals surface area contributed by atoms with E-state index >= 15 is 0 Å². The number of amides is 2. The Morgan fingerprint density at radius 2 is 2.04 bits per heavy atom. The first-order valence-electron chi connectivity index (χ1n) is 9.19. The van der Waals surface area contributed by atoms with Crippen LogP contribution in [0.5, 0.6) is 0 Å². The average molecular weight is 408 g/mol. The molecule has 152 valence electrons. The molecule has 0 radical (unpaired) electrons. The fraction of sp³-hybridized carbons (Fsp3) is 0.526. The molecule has 8 nitrogen and oxygen atoms in total. The monoisotopic (exact) mass is 408 g/mol. The fourth-order valence-corrected chi connectivity index (χ4v) is 5.23. The molecular weight excluding hydrogens is 384 g/mol. The Morgan fingerprint density at radius 3 is 2.71 bits per heavy atom. The van der Waals surface area contributed by atoms with E-state index in [0.717, 1.165) is 16.8 Å². The van der Waals surface area contributed by atoms with Crippen LogP contribution in [0.25, 0.3) is 0 Å². The van der Waals surface area contributed by atoms with Gasteiger partial charge < -0.3 is 15.0 Å². The highest BCUT2D eigenvalue weighted by molar-refractivity contribution is 7.91. The van der Waals surface area contributed by atoms with Crippen molar-refractivity contribution in [1.82, 2.24) is 5.32 Å². The van der Waals surface area contributed by atoms with Crippen LogP contribution in [0.1, 0.15) is 24.0 Å². The van der Waals surface area contributed by atoms with Gasteiger partial charge in [0.15, 0.2) is 16.4 Å². The quantitative estimate of drug-likeness (QED) is 0.711. The number of hydrogen-bond acceptors (Lipinski definition) is 6. The smallest absolute Gasteiger partial charge is 0.311 e. The molecule has 2 amide bonds. The van der Waals surface area contributed by atoms with Gasteiger partial charge in [0.1, 0.15) is 0 Å². The summed E-state index contributed by atoms with van der Waals surface area (Å²) in [4.78, 5) is 38.1. The zero-order chi connectivity index (χ0) is 20.5. The predicted molar refractivity (Wildman–Crippen MR) is 103 cm³/mol. The van der Waals surface area contributed by atoms with Crippen LogP contribution in [0.2, 0.25) is 0 Å². The zero-order valence-corrected chi connectivity index (χ0v) is 16.8. The number of anilines is 1. The molecule has 0 spiro atoms. The van der Waals surface area contributed by atoms with Crippen molar-refractivity contribution in [3.8, 4) is 0 Å². The number of carbonyl (C=O) groups excluding carboxylic acids is 3. The fourth-order valence-electron chi connectivity index (χ4n) is 3.56. The normalized spacial score (nSPS) is 23.6. The van der Waals surface area contributed by atoms with Crippen molar-refractivity contribution in [1.29, 1.82) is 0 Å². The summed E-state index contributed by atoms with van der Waals surface area (Å²) in [5.41, 5.74) is 2.82. The number of aryl methyl sites for hydroxylation is 1. The number of nitrogens with zero attached hydrogens (tertiary/aromatic N) is 1. The van der Waals surface area contributed by atoms with Crippen molar-refractivity contribution < 1.29 is 27.5 Å². The third-order valence-electron chi connectivity index (χ3n) is 5.27. The molecule has 2 saturated heterocycles. The Morgan fingerprint density at radius 1 is 1.29 bits per heavy atom. The van der Waals surface area contributed by atoms with E-state index in [4.69, 9.17) is 4.74 Å². The number of nitrogens with one attached hydrogen (secondary N) is 1. The molecular formula is C19H24N2O6S. The molecule has 1 N–H and O–H groups in total. The first kappa shape index (κ1) is 20.3. The SMILES string of the molecule is Cc1cccc(N2C[C@H](C(=O)OCC(=O)N[C@H]3CCS(=O)(=O)C3)CC2=O)c1C. The molecule has 1 aromatic carbocycles. The van der Waals surface area contributed by atoms with Gasteiger partial charge in [-0.05, 0) is 37.5 Å². The lowest BCUT2D eigenvalue weighted by Crippen LogP contribution is -2.38. The molecule has 2 fully saturated rings. The molecule has 2 aliphatic rings. The second-order valence-corrected chi connectivity index (χ2v) is 9.63. The molecule has 0 aliphatic carbocycles. The van der Waals surface area contributed by atoms with Gasteiger partial charge in [-0.2, -0.15) is 0 Å². The number of rotatable bonds is 5. The highest BCUT2D eigenvalue weighted by Crippen LogP contribution is 2.29. The standard InChI is InChI=1S/C19H24N2O6S/c1-12-4-3-5-16(13(12)2)21-9-14(8-18(21)23)19(24)27-10-17(22)20-15-6-7-28(25,26)11-15/h3-5,14-15H,6-11H2,1-2H3,(H,20,22)/t14-,15+/m1/s1. The Labute approximate surface area is 164 Å². The molecule has 0 aromatic heterocycles. The van der Waals surface area contributed by atoms with Crippen molar-refractivity contribution in [3.63, 3.8) is 0 Å². The molecule has 1 aromatic rings. The minimum Gasteiger partial charge on any atom is -0.455 e. The number of sulfone groups is 1. The molecule has 28 heavy (non-hydrogen) atoms. The van der Waals surface area contributed by atoms with Gasteiger partial charge in [0.05, 0.1) is 17.4 Å². The highest BCUT2D eigenvalue weighted by Gasteiger charge is 2.37. The third-order valence-corrected chi connectivity index (χ3v) is 7.04. The Balaban J connectivity index is 1.52. The van der Waals surface area contributed by atoms with Crippen LogP contribution in [0.4, 0.5) is 5.69 Å². The number of benzene rings is 1. The van der Waals surface area contributed by atoms with Gasteiger partial charge in [-0.25, -0.2) is 8.42 Å². The number of carbonyl (C=O) groups is 3. The highest BCUT2D eigenvalue weighted by atomic mass is 32.2. The van der Waals surface area contributed by atoms with E-state index in [-0.39, 0.29) is 30.4 Å². The minimum atomic E-state index is -3.10. The lowest BCUT2D eigenvalue weighted by atomic mass is 10.1. The van der Waals surface area contributed by atoms with Crippen LogP contribution in [-0.4, -0.2) is 56.9 Å². The second-order valence-electron chi connectivity index (χ2n) is 7.40. The number of hydrogen-bond donors (Lipinski definition) is 1. The van der Waals surface area contributed by atoms with Gasteiger partial charge >= 0.3 is 5.97 Å². The molecule has 0 bridgehead atoms. The van der Waals surface area contributed by atoms with Crippen LogP contribution >= 0.6 is 0 Å². The van der Waals surface area contributed by atoms with Gasteiger partial charge in [0.25, 0.3) is 5.91 Å². The summed E-state index contributed by atoms with van der Waals surface area (Å²) >= 11 is 0. The summed E-state index contributed by atoms with van der Waals surface area (Å²) < 4.78 is 27.9. The molecule has 2 atom stereocenters. The lowest BCUT2D eigenvalue weighted by molar-refractivity contribution is -0.152. The van der Waals surface area contributed by atoms with Crippen LogP contribution in [0.15, 0.2) is 18.2 Å². The first-order chi connectivity index (χ1) is 13.2. The van der Waals surface area contributed by atoms with Crippen molar-refractivity contribution >= 4 is 33.3 Å². The summed E-state index contributed by atoms with van der Waals surface area (Å²) in [6.45, 7) is 3.62. The van der Waals surface area contributed by atoms with Crippen LogP contribution in [0, 0.1) is 19.8 Å². The Bertz CT molecular complexity index is 911. The van der Waals surface area contributed by atoms with E-state index in [1.807, 2.05) is 32.0 Å². The van der Waals surface area contributed by atoms with Crippen molar-refractivity contribution in [2.24, 2.45) is 5.92 Å². The first-order valence-corrected chi connectivity index (χ1v) is 11.0. The third kappa shape index (κ3) is 4.52. The van der Waals surface area contributed by atoms with E-state index in [0.29, 0.717) is 6.42 Å². The maximum absolute atomic E-state index is 12.4. The Hall–Kier alpha value is -2.42. The molecule has 2 aliphatic heterocycles. The zero-order valence-electron chi connectivity index (χ0n) is 15.9. The lowest BCUT2D eigenvalue weighted by Gasteiger charge is -2.20. The van der Waals surface area contributed by atoms with Gasteiger partial charge in [-0.1, -0.05) is 12.1 Å². The number of esters is 1. The molecule has 0 saturated carbocycles.